The molecule has 0 spiro atoms. The lowest BCUT2D eigenvalue weighted by Gasteiger charge is -2.08. The van der Waals surface area contributed by atoms with Crippen LogP contribution in [0.25, 0.3) is 0 Å². The van der Waals surface area contributed by atoms with E-state index in [0.29, 0.717) is 13.1 Å². The maximum Gasteiger partial charge on any atom is 0.315 e. The third kappa shape index (κ3) is 5.99. The third-order valence-corrected chi connectivity index (χ3v) is 5.01. The summed E-state index contributed by atoms with van der Waals surface area (Å²) in [6.45, 7) is 1.16. The zero-order valence-electron chi connectivity index (χ0n) is 12.5. The lowest BCUT2D eigenvalue weighted by atomic mass is 10.2. The van der Waals surface area contributed by atoms with Crippen LogP contribution in [0.3, 0.4) is 0 Å². The minimum absolute atomic E-state index is 0.139. The van der Waals surface area contributed by atoms with E-state index in [9.17, 15) is 4.79 Å². The van der Waals surface area contributed by atoms with Crippen LogP contribution in [0.4, 0.5) is 4.79 Å². The zero-order valence-corrected chi connectivity index (χ0v) is 14.1. The fraction of sp³-hybridized carbons (Fsp3) is 0.312. The molecule has 22 heavy (non-hydrogen) atoms. The Hall–Kier alpha value is -1.66. The van der Waals surface area contributed by atoms with Gasteiger partial charge < -0.3 is 15.4 Å². The summed E-state index contributed by atoms with van der Waals surface area (Å²) in [6, 6.07) is 11.7. The van der Waals surface area contributed by atoms with Gasteiger partial charge in [0, 0.05) is 29.5 Å². The van der Waals surface area contributed by atoms with Crippen LogP contribution < -0.4 is 15.4 Å². The molecule has 0 unspecified atom stereocenters. The fourth-order valence-corrected chi connectivity index (χ4v) is 3.53. The number of carbonyl (C=O) groups is 1. The molecule has 0 bridgehead atoms. The second-order valence-corrected chi connectivity index (χ2v) is 6.73. The van der Waals surface area contributed by atoms with Crippen molar-refractivity contribution < 1.29 is 9.53 Å². The molecule has 2 amide bonds. The van der Waals surface area contributed by atoms with Crippen molar-refractivity contribution >= 4 is 29.1 Å². The number of methoxy groups -OCH3 is 1. The molecule has 2 aromatic rings. The summed E-state index contributed by atoms with van der Waals surface area (Å²) in [5, 5.41) is 7.79. The predicted molar refractivity (Wildman–Crippen MR) is 93.7 cm³/mol. The number of benzene rings is 1. The molecule has 0 saturated carbocycles. The maximum absolute atomic E-state index is 11.7. The molecule has 2 rings (SSSR count). The van der Waals surface area contributed by atoms with Crippen molar-refractivity contribution in [3.63, 3.8) is 0 Å². The quantitative estimate of drug-likeness (QED) is 0.726. The van der Waals surface area contributed by atoms with E-state index in [1.807, 2.05) is 36.0 Å². The van der Waals surface area contributed by atoms with Crippen molar-refractivity contribution in [1.29, 1.82) is 0 Å². The van der Waals surface area contributed by atoms with E-state index in [0.717, 1.165) is 22.8 Å². The molecule has 0 fully saturated rings. The highest BCUT2D eigenvalue weighted by Crippen LogP contribution is 2.16. The molecule has 118 valence electrons. The van der Waals surface area contributed by atoms with Crippen LogP contribution in [0, 0.1) is 0 Å². The Bertz CT molecular complexity index is 573. The van der Waals surface area contributed by atoms with Crippen LogP contribution in [-0.2, 0) is 12.3 Å². The van der Waals surface area contributed by atoms with Gasteiger partial charge >= 0.3 is 6.03 Å². The van der Waals surface area contributed by atoms with Gasteiger partial charge in [-0.05, 0) is 29.1 Å². The molecule has 0 aliphatic heterocycles. The Balaban J connectivity index is 1.57. The minimum Gasteiger partial charge on any atom is -0.497 e. The summed E-state index contributed by atoms with van der Waals surface area (Å²) in [6.07, 6.45) is 0. The number of nitrogens with one attached hydrogen (secondary N) is 2. The Labute approximate surface area is 139 Å². The van der Waals surface area contributed by atoms with Gasteiger partial charge in [0.2, 0.25) is 0 Å². The highest BCUT2D eigenvalue weighted by atomic mass is 32.2. The molecule has 4 nitrogen and oxygen atoms in total. The lowest BCUT2D eigenvalue weighted by Crippen LogP contribution is -2.36. The Kier molecular flexibility index (Phi) is 7.12. The lowest BCUT2D eigenvalue weighted by molar-refractivity contribution is 0.241. The number of hydrogen-bond acceptors (Lipinski definition) is 4. The first-order chi connectivity index (χ1) is 10.8. The van der Waals surface area contributed by atoms with Gasteiger partial charge in [0.1, 0.15) is 5.75 Å². The van der Waals surface area contributed by atoms with Crippen molar-refractivity contribution in [3.8, 4) is 5.75 Å². The van der Waals surface area contributed by atoms with E-state index < -0.39 is 0 Å². The van der Waals surface area contributed by atoms with Gasteiger partial charge in [0.25, 0.3) is 0 Å². The Morgan fingerprint density at radius 3 is 2.95 bits per heavy atom. The average molecular weight is 336 g/mol. The molecule has 0 saturated heterocycles. The summed E-state index contributed by atoms with van der Waals surface area (Å²) in [5.41, 5.74) is 1.02. The summed E-state index contributed by atoms with van der Waals surface area (Å²) >= 11 is 3.59. The smallest absolute Gasteiger partial charge is 0.315 e. The van der Waals surface area contributed by atoms with Crippen molar-refractivity contribution in [2.24, 2.45) is 0 Å². The van der Waals surface area contributed by atoms with E-state index in [-0.39, 0.29) is 6.03 Å². The summed E-state index contributed by atoms with van der Waals surface area (Å²) in [5.74, 6) is 2.71. The van der Waals surface area contributed by atoms with Gasteiger partial charge in [0.15, 0.2) is 0 Å². The average Bonchev–Trinajstić information content (AvgIpc) is 3.06. The van der Waals surface area contributed by atoms with Gasteiger partial charge in [-0.25, -0.2) is 4.79 Å². The normalized spacial score (nSPS) is 10.2. The topological polar surface area (TPSA) is 50.4 Å². The van der Waals surface area contributed by atoms with E-state index in [1.165, 1.54) is 4.88 Å². The largest absolute Gasteiger partial charge is 0.497 e. The van der Waals surface area contributed by atoms with Crippen molar-refractivity contribution in [2.45, 2.75) is 12.3 Å². The number of carbonyl (C=O) groups excluding carboxylic acids is 1. The first kappa shape index (κ1) is 16.7. The number of ether oxygens (including phenoxy) is 1. The molecule has 0 aliphatic carbocycles. The van der Waals surface area contributed by atoms with E-state index >= 15 is 0 Å². The molecule has 0 aliphatic rings. The molecular weight excluding hydrogens is 316 g/mol. The first-order valence-corrected chi connectivity index (χ1v) is 9.06. The van der Waals surface area contributed by atoms with Gasteiger partial charge in [-0.1, -0.05) is 18.2 Å². The highest BCUT2D eigenvalue weighted by Gasteiger charge is 2.01. The molecule has 2 N–H and O–H groups in total. The third-order valence-electron chi connectivity index (χ3n) is 2.94. The maximum atomic E-state index is 11.7. The van der Waals surface area contributed by atoms with Crippen LogP contribution in [0.1, 0.15) is 10.4 Å². The number of thiophene rings is 1. The fourth-order valence-electron chi connectivity index (χ4n) is 1.83. The molecule has 1 heterocycles. The van der Waals surface area contributed by atoms with Crippen LogP contribution in [0.5, 0.6) is 5.75 Å². The van der Waals surface area contributed by atoms with Gasteiger partial charge in [0.05, 0.1) is 7.11 Å². The number of amides is 2. The van der Waals surface area contributed by atoms with E-state index in [1.54, 1.807) is 18.4 Å². The second-order valence-electron chi connectivity index (χ2n) is 4.59. The van der Waals surface area contributed by atoms with E-state index in [2.05, 4.69) is 28.1 Å². The summed E-state index contributed by atoms with van der Waals surface area (Å²) in [7, 11) is 1.63. The van der Waals surface area contributed by atoms with Gasteiger partial charge in [-0.15, -0.1) is 11.3 Å². The van der Waals surface area contributed by atoms with Crippen LogP contribution >= 0.6 is 23.1 Å². The molecule has 1 aromatic carbocycles. The van der Waals surface area contributed by atoms with Crippen LogP contribution in [0.2, 0.25) is 0 Å². The molecule has 1 aromatic heterocycles. The molecular formula is C16H20N2O2S2. The van der Waals surface area contributed by atoms with Crippen molar-refractivity contribution in [2.75, 3.05) is 19.4 Å². The van der Waals surface area contributed by atoms with Crippen molar-refractivity contribution in [3.05, 3.63) is 52.2 Å². The Morgan fingerprint density at radius 2 is 2.18 bits per heavy atom. The summed E-state index contributed by atoms with van der Waals surface area (Å²) in [4.78, 5) is 13.1. The number of hydrogen-bond donors (Lipinski definition) is 2. The minimum atomic E-state index is -0.139. The number of urea groups is 1. The number of thioether (sulfide) groups is 1. The van der Waals surface area contributed by atoms with Crippen LogP contribution in [-0.4, -0.2) is 25.4 Å². The molecule has 0 atom stereocenters. The molecule has 6 heteroatoms. The predicted octanol–water partition coefficient (Wildman–Crippen LogP) is 3.49. The first-order valence-electron chi connectivity index (χ1n) is 7.02. The van der Waals surface area contributed by atoms with Gasteiger partial charge in [-0.3, -0.25) is 0 Å². The zero-order chi connectivity index (χ0) is 15.6. The van der Waals surface area contributed by atoms with E-state index in [4.69, 9.17) is 4.74 Å². The highest BCUT2D eigenvalue weighted by molar-refractivity contribution is 7.98. The number of rotatable bonds is 8. The van der Waals surface area contributed by atoms with Crippen molar-refractivity contribution in [1.82, 2.24) is 10.6 Å². The summed E-state index contributed by atoms with van der Waals surface area (Å²) < 4.78 is 5.15. The van der Waals surface area contributed by atoms with Crippen LogP contribution in [0.15, 0.2) is 41.8 Å². The SMILES string of the molecule is COc1cccc(CNC(=O)NCCSCc2cccs2)c1. The monoisotopic (exact) mass is 336 g/mol. The van der Waals surface area contributed by atoms with Gasteiger partial charge in [-0.2, -0.15) is 11.8 Å². The second kappa shape index (κ2) is 9.38. The Morgan fingerprint density at radius 1 is 1.27 bits per heavy atom. The standard InChI is InChI=1S/C16H20N2O2S2/c1-20-14-5-2-4-13(10-14)11-18-16(19)17-7-9-21-12-15-6-3-8-22-15/h2-6,8,10H,7,9,11-12H2,1H3,(H2,17,18,19). The molecule has 0 radical (unpaired) electrons.